The molecule has 0 aliphatic carbocycles. The minimum absolute atomic E-state index is 0.0638. The normalized spacial score (nSPS) is 11.8. The fraction of sp³-hybridized carbons (Fsp3) is 0.417. The predicted molar refractivity (Wildman–Crippen MR) is 62.4 cm³/mol. The Morgan fingerprint density at radius 1 is 1.53 bits per heavy atom. The van der Waals surface area contributed by atoms with Gasteiger partial charge in [-0.3, -0.25) is 14.6 Å². The Morgan fingerprint density at radius 3 is 2.88 bits per heavy atom. The zero-order chi connectivity index (χ0) is 12.7. The van der Waals surface area contributed by atoms with Crippen LogP contribution in [-0.2, 0) is 16.0 Å². The molecule has 5 nitrogen and oxygen atoms in total. The van der Waals surface area contributed by atoms with Gasteiger partial charge in [0.25, 0.3) is 0 Å². The summed E-state index contributed by atoms with van der Waals surface area (Å²) in [6, 6.07) is 3.47. The smallest absolute Gasteiger partial charge is 0.303 e. The maximum atomic E-state index is 11.6. The Hall–Kier alpha value is -1.91. The molecule has 1 aromatic heterocycles. The molecule has 92 valence electrons. The molecule has 5 heteroatoms. The molecule has 0 saturated heterocycles. The summed E-state index contributed by atoms with van der Waals surface area (Å²) in [6.45, 7) is 1.80. The molecule has 1 aromatic rings. The van der Waals surface area contributed by atoms with Gasteiger partial charge in [0, 0.05) is 24.9 Å². The first-order valence-electron chi connectivity index (χ1n) is 5.48. The Bertz CT molecular complexity index is 379. The number of aliphatic carboxylic acids is 1. The maximum Gasteiger partial charge on any atom is 0.303 e. The van der Waals surface area contributed by atoms with Crippen molar-refractivity contribution < 1.29 is 14.7 Å². The Morgan fingerprint density at radius 2 is 2.29 bits per heavy atom. The molecule has 0 aromatic carbocycles. The summed E-state index contributed by atoms with van der Waals surface area (Å²) in [7, 11) is 0. The molecule has 1 unspecified atom stereocenters. The summed E-state index contributed by atoms with van der Waals surface area (Å²) in [6.07, 6.45) is 4.06. The van der Waals surface area contributed by atoms with Gasteiger partial charge in [-0.1, -0.05) is 6.07 Å². The third-order valence-corrected chi connectivity index (χ3v) is 2.29. The molecule has 0 aliphatic heterocycles. The van der Waals surface area contributed by atoms with Crippen molar-refractivity contribution in [3.8, 4) is 0 Å². The largest absolute Gasteiger partial charge is 0.481 e. The molecule has 0 radical (unpaired) electrons. The first-order valence-corrected chi connectivity index (χ1v) is 5.48. The van der Waals surface area contributed by atoms with Crippen LogP contribution in [0.2, 0.25) is 0 Å². The second-order valence-electron chi connectivity index (χ2n) is 3.94. The number of amides is 1. The number of rotatable bonds is 6. The monoisotopic (exact) mass is 236 g/mol. The van der Waals surface area contributed by atoms with E-state index >= 15 is 0 Å². The summed E-state index contributed by atoms with van der Waals surface area (Å²) in [5, 5.41) is 11.3. The van der Waals surface area contributed by atoms with E-state index in [2.05, 4.69) is 10.3 Å². The SMILES string of the molecule is CC(CCC(=O)O)NC(=O)Cc1cccnc1. The number of hydrogen-bond acceptors (Lipinski definition) is 3. The van der Waals surface area contributed by atoms with Crippen LogP contribution in [-0.4, -0.2) is 28.0 Å². The number of carbonyl (C=O) groups excluding carboxylic acids is 1. The molecule has 0 bridgehead atoms. The molecular weight excluding hydrogens is 220 g/mol. The van der Waals surface area contributed by atoms with Crippen LogP contribution in [0.5, 0.6) is 0 Å². The fourth-order valence-corrected chi connectivity index (χ4v) is 1.43. The van der Waals surface area contributed by atoms with Crippen LogP contribution in [0.4, 0.5) is 0 Å². The number of carboxylic acids is 1. The standard InChI is InChI=1S/C12H16N2O3/c1-9(4-5-12(16)17)14-11(15)7-10-3-2-6-13-8-10/h2-3,6,8-9H,4-5,7H2,1H3,(H,14,15)(H,16,17). The minimum atomic E-state index is -0.849. The maximum absolute atomic E-state index is 11.6. The molecule has 1 atom stereocenters. The lowest BCUT2D eigenvalue weighted by Gasteiger charge is -2.12. The Labute approximate surface area is 99.9 Å². The third kappa shape index (κ3) is 5.65. The molecule has 0 saturated carbocycles. The fourth-order valence-electron chi connectivity index (χ4n) is 1.43. The highest BCUT2D eigenvalue weighted by Gasteiger charge is 2.09. The molecule has 2 N–H and O–H groups in total. The summed E-state index contributed by atoms with van der Waals surface area (Å²) < 4.78 is 0. The first kappa shape index (κ1) is 13.2. The minimum Gasteiger partial charge on any atom is -0.481 e. The number of hydrogen-bond donors (Lipinski definition) is 2. The van der Waals surface area contributed by atoms with Crippen molar-refractivity contribution in [3.63, 3.8) is 0 Å². The van der Waals surface area contributed by atoms with Crippen LogP contribution < -0.4 is 5.32 Å². The topological polar surface area (TPSA) is 79.3 Å². The van der Waals surface area contributed by atoms with Gasteiger partial charge < -0.3 is 10.4 Å². The van der Waals surface area contributed by atoms with Gasteiger partial charge in [0.1, 0.15) is 0 Å². The van der Waals surface area contributed by atoms with E-state index in [0.717, 1.165) is 5.56 Å². The van der Waals surface area contributed by atoms with E-state index < -0.39 is 5.97 Å². The van der Waals surface area contributed by atoms with Crippen LogP contribution in [0, 0.1) is 0 Å². The van der Waals surface area contributed by atoms with Crippen molar-refractivity contribution in [1.82, 2.24) is 10.3 Å². The third-order valence-electron chi connectivity index (χ3n) is 2.29. The van der Waals surface area contributed by atoms with Crippen LogP contribution in [0.3, 0.4) is 0 Å². The van der Waals surface area contributed by atoms with Gasteiger partial charge >= 0.3 is 5.97 Å². The van der Waals surface area contributed by atoms with E-state index in [1.807, 2.05) is 6.07 Å². The Balaban J connectivity index is 2.32. The quantitative estimate of drug-likeness (QED) is 0.772. The van der Waals surface area contributed by atoms with E-state index in [4.69, 9.17) is 5.11 Å². The van der Waals surface area contributed by atoms with E-state index in [9.17, 15) is 9.59 Å². The lowest BCUT2D eigenvalue weighted by Crippen LogP contribution is -2.34. The highest BCUT2D eigenvalue weighted by molar-refractivity contribution is 5.78. The van der Waals surface area contributed by atoms with Gasteiger partial charge in [0.05, 0.1) is 6.42 Å². The number of nitrogens with one attached hydrogen (secondary N) is 1. The van der Waals surface area contributed by atoms with Gasteiger partial charge in [0.2, 0.25) is 5.91 Å². The molecular formula is C12H16N2O3. The van der Waals surface area contributed by atoms with Crippen molar-refractivity contribution in [2.75, 3.05) is 0 Å². The van der Waals surface area contributed by atoms with Crippen LogP contribution in [0.1, 0.15) is 25.3 Å². The first-order chi connectivity index (χ1) is 8.08. The van der Waals surface area contributed by atoms with E-state index in [1.54, 1.807) is 25.4 Å². The lowest BCUT2D eigenvalue weighted by molar-refractivity contribution is -0.137. The molecule has 1 rings (SSSR count). The molecule has 17 heavy (non-hydrogen) atoms. The predicted octanol–water partition coefficient (Wildman–Crippen LogP) is 0.994. The second kappa shape index (κ2) is 6.62. The zero-order valence-corrected chi connectivity index (χ0v) is 9.72. The molecule has 1 amide bonds. The molecule has 0 aliphatic rings. The van der Waals surface area contributed by atoms with Crippen molar-refractivity contribution in [1.29, 1.82) is 0 Å². The molecule has 0 fully saturated rings. The van der Waals surface area contributed by atoms with Crippen LogP contribution >= 0.6 is 0 Å². The van der Waals surface area contributed by atoms with Crippen molar-refractivity contribution >= 4 is 11.9 Å². The van der Waals surface area contributed by atoms with Crippen LogP contribution in [0.15, 0.2) is 24.5 Å². The summed E-state index contributed by atoms with van der Waals surface area (Å²) >= 11 is 0. The van der Waals surface area contributed by atoms with Crippen molar-refractivity contribution in [3.05, 3.63) is 30.1 Å². The summed E-state index contributed by atoms with van der Waals surface area (Å²) in [5.41, 5.74) is 0.843. The Kier molecular flexibility index (Phi) is 5.13. The zero-order valence-electron chi connectivity index (χ0n) is 9.72. The number of carboxylic acid groups (broad SMARTS) is 1. The van der Waals surface area contributed by atoms with Crippen LogP contribution in [0.25, 0.3) is 0 Å². The van der Waals surface area contributed by atoms with Gasteiger partial charge in [-0.25, -0.2) is 0 Å². The molecule has 1 heterocycles. The van der Waals surface area contributed by atoms with Gasteiger partial charge in [-0.05, 0) is 25.0 Å². The van der Waals surface area contributed by atoms with E-state index in [0.29, 0.717) is 6.42 Å². The van der Waals surface area contributed by atoms with E-state index in [-0.39, 0.29) is 24.8 Å². The number of nitrogens with zero attached hydrogens (tertiary/aromatic N) is 1. The second-order valence-corrected chi connectivity index (χ2v) is 3.94. The van der Waals surface area contributed by atoms with Gasteiger partial charge in [-0.15, -0.1) is 0 Å². The average Bonchev–Trinajstić information content (AvgIpc) is 2.27. The van der Waals surface area contributed by atoms with Gasteiger partial charge in [-0.2, -0.15) is 0 Å². The van der Waals surface area contributed by atoms with Crippen molar-refractivity contribution in [2.45, 2.75) is 32.2 Å². The number of pyridine rings is 1. The number of carbonyl (C=O) groups is 2. The molecule has 0 spiro atoms. The average molecular weight is 236 g/mol. The van der Waals surface area contributed by atoms with Crippen molar-refractivity contribution in [2.24, 2.45) is 0 Å². The highest BCUT2D eigenvalue weighted by Crippen LogP contribution is 2.00. The summed E-state index contributed by atoms with van der Waals surface area (Å²) in [4.78, 5) is 25.9. The number of aromatic nitrogens is 1. The van der Waals surface area contributed by atoms with E-state index in [1.165, 1.54) is 0 Å². The summed E-state index contributed by atoms with van der Waals surface area (Å²) in [5.74, 6) is -0.964. The lowest BCUT2D eigenvalue weighted by atomic mass is 10.1. The van der Waals surface area contributed by atoms with Gasteiger partial charge in [0.15, 0.2) is 0 Å². The highest BCUT2D eigenvalue weighted by atomic mass is 16.4.